The molecule has 1 aliphatic rings. The first-order chi connectivity index (χ1) is 9.45. The summed E-state index contributed by atoms with van der Waals surface area (Å²) in [6.45, 7) is 1.65. The summed E-state index contributed by atoms with van der Waals surface area (Å²) in [6, 6.07) is 3.94. The molecule has 2 N–H and O–H groups in total. The molecule has 2 unspecified atom stereocenters. The molecule has 0 radical (unpaired) electrons. The average molecular weight is 277 g/mol. The third-order valence-electron chi connectivity index (χ3n) is 3.14. The van der Waals surface area contributed by atoms with Gasteiger partial charge < -0.3 is 5.73 Å². The molecule has 2 amide bonds. The molecule has 4 nitrogen and oxygen atoms in total. The predicted molar refractivity (Wildman–Crippen MR) is 71.3 cm³/mol. The van der Waals surface area contributed by atoms with Crippen LogP contribution in [0, 0.1) is 12.3 Å². The number of hydrogen-bond donors (Lipinski definition) is 1. The lowest BCUT2D eigenvalue weighted by Gasteiger charge is -2.27. The fraction of sp³-hybridized carbons (Fsp3) is 0.286. The number of urea groups is 1. The number of hydrogen-bond acceptors (Lipinski definition) is 2. The van der Waals surface area contributed by atoms with E-state index in [1.807, 2.05) is 0 Å². The molecular formula is C14H13F2N3O. The normalized spacial score (nSPS) is 19.9. The van der Waals surface area contributed by atoms with E-state index in [-0.39, 0.29) is 11.4 Å². The van der Waals surface area contributed by atoms with Gasteiger partial charge in [0.1, 0.15) is 11.9 Å². The molecule has 0 saturated carbocycles. The number of halogens is 2. The SMILES string of the molecule is C#CC(C)N1C(=O)N=C(N)C1c1cccc(C(F)F)c1. The standard InChI is InChI=1S/C14H13F2N3O/c1-3-8(2)19-11(13(17)18-14(19)20)9-5-4-6-10(7-9)12(15)16/h1,4-8,11-12H,2H3,(H2,17,18,20). The molecule has 104 valence electrons. The predicted octanol–water partition coefficient (Wildman–Crippen LogP) is 2.48. The van der Waals surface area contributed by atoms with Gasteiger partial charge in [0.05, 0.1) is 6.04 Å². The van der Waals surface area contributed by atoms with Gasteiger partial charge in [-0.2, -0.15) is 4.99 Å². The number of amides is 2. The van der Waals surface area contributed by atoms with Crippen LogP contribution in [0.5, 0.6) is 0 Å². The third kappa shape index (κ3) is 2.35. The summed E-state index contributed by atoms with van der Waals surface area (Å²) in [7, 11) is 0. The smallest absolute Gasteiger partial charge is 0.347 e. The topological polar surface area (TPSA) is 58.7 Å². The molecule has 0 saturated heterocycles. The summed E-state index contributed by atoms with van der Waals surface area (Å²) in [6.07, 6.45) is 2.73. The van der Waals surface area contributed by atoms with Crippen LogP contribution < -0.4 is 5.73 Å². The second-order valence-electron chi connectivity index (χ2n) is 4.44. The number of benzene rings is 1. The Bertz CT molecular complexity index is 607. The van der Waals surface area contributed by atoms with Gasteiger partial charge in [0.2, 0.25) is 0 Å². The van der Waals surface area contributed by atoms with Crippen LogP contribution >= 0.6 is 0 Å². The van der Waals surface area contributed by atoms with E-state index >= 15 is 0 Å². The lowest BCUT2D eigenvalue weighted by atomic mass is 10.0. The number of terminal acetylenes is 1. The number of alkyl halides is 2. The maximum atomic E-state index is 12.8. The largest absolute Gasteiger partial charge is 0.385 e. The van der Waals surface area contributed by atoms with E-state index < -0.39 is 24.5 Å². The van der Waals surface area contributed by atoms with E-state index in [1.165, 1.54) is 23.1 Å². The maximum absolute atomic E-state index is 12.8. The first kappa shape index (κ1) is 14.0. The average Bonchev–Trinajstić information content (AvgIpc) is 2.72. The molecule has 1 aromatic carbocycles. The Morgan fingerprint density at radius 1 is 1.50 bits per heavy atom. The second kappa shape index (κ2) is 5.29. The minimum atomic E-state index is -2.59. The Labute approximate surface area is 115 Å². The van der Waals surface area contributed by atoms with Gasteiger partial charge in [0.15, 0.2) is 0 Å². The molecule has 2 atom stereocenters. The van der Waals surface area contributed by atoms with Gasteiger partial charge in [-0.05, 0) is 18.6 Å². The van der Waals surface area contributed by atoms with Crippen LogP contribution in [0.15, 0.2) is 29.3 Å². The zero-order chi connectivity index (χ0) is 14.9. The van der Waals surface area contributed by atoms with Crippen molar-refractivity contribution in [2.24, 2.45) is 10.7 Å². The highest BCUT2D eigenvalue weighted by molar-refractivity contribution is 6.03. The van der Waals surface area contributed by atoms with Gasteiger partial charge in [-0.1, -0.05) is 24.1 Å². The number of nitrogens with zero attached hydrogens (tertiary/aromatic N) is 2. The van der Waals surface area contributed by atoms with Crippen molar-refractivity contribution in [2.75, 3.05) is 0 Å². The Kier molecular flexibility index (Phi) is 3.70. The van der Waals surface area contributed by atoms with Gasteiger partial charge in [-0.25, -0.2) is 13.6 Å². The van der Waals surface area contributed by atoms with Crippen LogP contribution in [0.4, 0.5) is 13.6 Å². The zero-order valence-electron chi connectivity index (χ0n) is 10.8. The summed E-state index contributed by atoms with van der Waals surface area (Å²) >= 11 is 0. The van der Waals surface area contributed by atoms with Crippen molar-refractivity contribution >= 4 is 11.9 Å². The third-order valence-corrected chi connectivity index (χ3v) is 3.14. The van der Waals surface area contributed by atoms with Crippen molar-refractivity contribution in [1.82, 2.24) is 4.90 Å². The highest BCUT2D eigenvalue weighted by atomic mass is 19.3. The molecule has 2 rings (SSSR count). The van der Waals surface area contributed by atoms with Crippen molar-refractivity contribution in [2.45, 2.75) is 25.4 Å². The van der Waals surface area contributed by atoms with E-state index in [4.69, 9.17) is 12.2 Å². The van der Waals surface area contributed by atoms with Crippen LogP contribution in [-0.2, 0) is 0 Å². The number of rotatable bonds is 3. The number of aliphatic imine (C=N–C) groups is 1. The minimum Gasteiger partial charge on any atom is -0.385 e. The summed E-state index contributed by atoms with van der Waals surface area (Å²) in [5.41, 5.74) is 6.08. The first-order valence-electron chi connectivity index (χ1n) is 5.96. The Balaban J connectivity index is 2.44. The van der Waals surface area contributed by atoms with E-state index in [1.54, 1.807) is 13.0 Å². The summed E-state index contributed by atoms with van der Waals surface area (Å²) in [4.78, 5) is 16.8. The van der Waals surface area contributed by atoms with Crippen molar-refractivity contribution in [1.29, 1.82) is 0 Å². The molecular weight excluding hydrogens is 264 g/mol. The van der Waals surface area contributed by atoms with Gasteiger partial charge in [0, 0.05) is 5.56 Å². The lowest BCUT2D eigenvalue weighted by Crippen LogP contribution is -2.39. The van der Waals surface area contributed by atoms with Gasteiger partial charge in [-0.3, -0.25) is 4.90 Å². The van der Waals surface area contributed by atoms with Crippen molar-refractivity contribution in [3.05, 3.63) is 35.4 Å². The van der Waals surface area contributed by atoms with Crippen LogP contribution in [0.3, 0.4) is 0 Å². The second-order valence-corrected chi connectivity index (χ2v) is 4.44. The van der Waals surface area contributed by atoms with Crippen LogP contribution in [0.1, 0.15) is 30.5 Å². The molecule has 0 fully saturated rings. The summed E-state index contributed by atoms with van der Waals surface area (Å²) in [5.74, 6) is 2.48. The van der Waals surface area contributed by atoms with Crippen LogP contribution in [-0.4, -0.2) is 22.8 Å². The molecule has 1 aliphatic heterocycles. The van der Waals surface area contributed by atoms with Crippen LogP contribution in [0.25, 0.3) is 0 Å². The van der Waals surface area contributed by atoms with Crippen molar-refractivity contribution < 1.29 is 13.6 Å². The Hall–Kier alpha value is -2.42. The van der Waals surface area contributed by atoms with Gasteiger partial charge in [-0.15, -0.1) is 6.42 Å². The Morgan fingerprint density at radius 3 is 2.80 bits per heavy atom. The van der Waals surface area contributed by atoms with Crippen molar-refractivity contribution in [3.8, 4) is 12.3 Å². The number of amidine groups is 1. The minimum absolute atomic E-state index is 0.0588. The van der Waals surface area contributed by atoms with E-state index in [2.05, 4.69) is 10.9 Å². The number of nitrogens with two attached hydrogens (primary N) is 1. The lowest BCUT2D eigenvalue weighted by molar-refractivity contribution is 0.151. The molecule has 1 aromatic rings. The number of carbonyl (C=O) groups is 1. The zero-order valence-corrected chi connectivity index (χ0v) is 10.8. The molecule has 1 heterocycles. The van der Waals surface area contributed by atoms with Gasteiger partial charge in [0.25, 0.3) is 6.43 Å². The van der Waals surface area contributed by atoms with Crippen molar-refractivity contribution in [3.63, 3.8) is 0 Å². The molecule has 0 spiro atoms. The maximum Gasteiger partial charge on any atom is 0.347 e. The molecule has 0 bridgehead atoms. The molecule has 0 aliphatic carbocycles. The fourth-order valence-electron chi connectivity index (χ4n) is 2.15. The van der Waals surface area contributed by atoms with Crippen LogP contribution in [0.2, 0.25) is 0 Å². The molecule has 0 aromatic heterocycles. The highest BCUT2D eigenvalue weighted by Gasteiger charge is 2.37. The Morgan fingerprint density at radius 2 is 2.20 bits per heavy atom. The molecule has 20 heavy (non-hydrogen) atoms. The van der Waals surface area contributed by atoms with E-state index in [0.29, 0.717) is 5.56 Å². The first-order valence-corrected chi connectivity index (χ1v) is 5.96. The van der Waals surface area contributed by atoms with E-state index in [0.717, 1.165) is 0 Å². The highest BCUT2D eigenvalue weighted by Crippen LogP contribution is 2.31. The quantitative estimate of drug-likeness (QED) is 0.863. The molecule has 6 heteroatoms. The summed E-state index contributed by atoms with van der Waals surface area (Å²) in [5, 5.41) is 0. The van der Waals surface area contributed by atoms with E-state index in [9.17, 15) is 13.6 Å². The number of carbonyl (C=O) groups excluding carboxylic acids is 1. The van der Waals surface area contributed by atoms with Gasteiger partial charge >= 0.3 is 6.03 Å². The fourth-order valence-corrected chi connectivity index (χ4v) is 2.15. The summed E-state index contributed by atoms with van der Waals surface area (Å²) < 4.78 is 25.5. The monoisotopic (exact) mass is 277 g/mol.